The first-order valence-electron chi connectivity index (χ1n) is 11.4. The van der Waals surface area contributed by atoms with Gasteiger partial charge in [0, 0.05) is 37.7 Å². The third kappa shape index (κ3) is 6.94. The first-order chi connectivity index (χ1) is 16.1. The lowest BCUT2D eigenvalue weighted by atomic mass is 10.0. The molecule has 1 aromatic carbocycles. The number of unbranched alkanes of at least 4 members (excludes halogenated alkanes) is 2. The van der Waals surface area contributed by atoms with Crippen LogP contribution in [0.2, 0.25) is 0 Å². The number of guanidine groups is 1. The number of methoxy groups -OCH3 is 1. The Morgan fingerprint density at radius 2 is 2.09 bits per heavy atom. The van der Waals surface area contributed by atoms with Crippen molar-refractivity contribution in [3.63, 3.8) is 0 Å². The highest BCUT2D eigenvalue weighted by Gasteiger charge is 2.28. The molecular formula is C25H32N6O2. The Labute approximate surface area is 195 Å². The molecule has 2 heterocycles. The van der Waals surface area contributed by atoms with E-state index in [1.807, 2.05) is 48.3 Å². The highest BCUT2D eigenvalue weighted by Crippen LogP contribution is 2.28. The SMILES string of the molecule is COc1cccc(C)c1C(=O)N1CCC(CCCCCN=C(NC#N)Nc2ccncc2)C1. The third-order valence-corrected chi connectivity index (χ3v) is 5.90. The zero-order valence-corrected chi connectivity index (χ0v) is 19.4. The van der Waals surface area contributed by atoms with Crippen LogP contribution in [-0.4, -0.2) is 48.5 Å². The quantitative estimate of drug-likeness (QED) is 0.198. The van der Waals surface area contributed by atoms with Gasteiger partial charge >= 0.3 is 0 Å². The molecule has 2 aromatic rings. The standard InChI is InChI=1S/C25H32N6O2/c1-19-7-6-9-22(33-2)23(19)24(32)31-16-12-20(17-31)8-4-3-5-13-28-25(29-18-26)30-21-10-14-27-15-11-21/h6-7,9-11,14-15,20H,3-5,8,12-13,16-17H2,1-2H3,(H2,27,28,29,30). The van der Waals surface area contributed by atoms with Crippen molar-refractivity contribution in [2.75, 3.05) is 32.1 Å². The second-order valence-corrected chi connectivity index (χ2v) is 8.24. The molecule has 1 aliphatic heterocycles. The van der Waals surface area contributed by atoms with Crippen LogP contribution >= 0.6 is 0 Å². The van der Waals surface area contributed by atoms with E-state index in [0.29, 0.717) is 29.7 Å². The number of hydrogen-bond acceptors (Lipinski definition) is 5. The number of ether oxygens (including phenoxy) is 1. The number of aromatic nitrogens is 1. The van der Waals surface area contributed by atoms with E-state index in [9.17, 15) is 4.79 Å². The number of hydrogen-bond donors (Lipinski definition) is 2. The first-order valence-corrected chi connectivity index (χ1v) is 11.4. The van der Waals surface area contributed by atoms with Crippen LogP contribution in [0.1, 0.15) is 48.0 Å². The minimum atomic E-state index is 0.0704. The van der Waals surface area contributed by atoms with E-state index in [-0.39, 0.29) is 5.91 Å². The summed E-state index contributed by atoms with van der Waals surface area (Å²) in [5, 5.41) is 14.6. The summed E-state index contributed by atoms with van der Waals surface area (Å²) in [6.07, 6.45) is 10.6. The molecule has 0 saturated carbocycles. The van der Waals surface area contributed by atoms with E-state index in [0.717, 1.165) is 56.4 Å². The Hall–Kier alpha value is -3.60. The van der Waals surface area contributed by atoms with Gasteiger partial charge in [-0.15, -0.1) is 0 Å². The van der Waals surface area contributed by atoms with E-state index in [4.69, 9.17) is 10.00 Å². The first kappa shape index (κ1) is 24.1. The van der Waals surface area contributed by atoms with E-state index in [1.54, 1.807) is 19.5 Å². The zero-order chi connectivity index (χ0) is 23.5. The van der Waals surface area contributed by atoms with Gasteiger partial charge in [-0.1, -0.05) is 25.0 Å². The van der Waals surface area contributed by atoms with Gasteiger partial charge in [-0.3, -0.25) is 20.1 Å². The number of rotatable bonds is 9. The predicted molar refractivity (Wildman–Crippen MR) is 129 cm³/mol. The smallest absolute Gasteiger partial charge is 0.257 e. The molecule has 1 aliphatic rings. The average Bonchev–Trinajstić information content (AvgIpc) is 3.30. The van der Waals surface area contributed by atoms with Gasteiger partial charge < -0.3 is 15.0 Å². The van der Waals surface area contributed by atoms with E-state index in [1.165, 1.54) is 0 Å². The van der Waals surface area contributed by atoms with Gasteiger partial charge in [0.2, 0.25) is 5.96 Å². The topological polar surface area (TPSA) is 103 Å². The normalized spacial score (nSPS) is 15.7. The summed E-state index contributed by atoms with van der Waals surface area (Å²) in [6, 6.07) is 9.35. The number of pyridine rings is 1. The highest BCUT2D eigenvalue weighted by atomic mass is 16.5. The average molecular weight is 449 g/mol. The number of carbonyl (C=O) groups excluding carboxylic acids is 1. The lowest BCUT2D eigenvalue weighted by molar-refractivity contribution is 0.0782. The van der Waals surface area contributed by atoms with Crippen molar-refractivity contribution in [2.45, 2.75) is 39.0 Å². The Morgan fingerprint density at radius 1 is 1.27 bits per heavy atom. The second kappa shape index (κ2) is 12.4. The summed E-state index contributed by atoms with van der Waals surface area (Å²) >= 11 is 0. The molecule has 1 unspecified atom stereocenters. The molecule has 2 N–H and O–H groups in total. The Morgan fingerprint density at radius 3 is 2.85 bits per heavy atom. The van der Waals surface area contributed by atoms with Gasteiger partial charge in [0.05, 0.1) is 12.7 Å². The molecule has 0 radical (unpaired) electrons. The molecule has 0 bridgehead atoms. The van der Waals surface area contributed by atoms with Crippen LogP contribution in [0.25, 0.3) is 0 Å². The molecular weight excluding hydrogens is 416 g/mol. The maximum absolute atomic E-state index is 13.0. The Balaban J connectivity index is 1.39. The zero-order valence-electron chi connectivity index (χ0n) is 19.4. The van der Waals surface area contributed by atoms with Crippen LogP contribution in [-0.2, 0) is 0 Å². The van der Waals surface area contributed by atoms with E-state index < -0.39 is 0 Å². The Kier molecular flexibility index (Phi) is 9.07. The lowest BCUT2D eigenvalue weighted by Gasteiger charge is -2.19. The summed E-state index contributed by atoms with van der Waals surface area (Å²) in [5.41, 5.74) is 2.46. The molecule has 1 fully saturated rings. The van der Waals surface area contributed by atoms with Crippen molar-refractivity contribution < 1.29 is 9.53 Å². The van der Waals surface area contributed by atoms with Crippen molar-refractivity contribution >= 4 is 17.6 Å². The second-order valence-electron chi connectivity index (χ2n) is 8.24. The van der Waals surface area contributed by atoms with Crippen LogP contribution in [0.5, 0.6) is 5.75 Å². The van der Waals surface area contributed by atoms with E-state index >= 15 is 0 Å². The number of anilines is 1. The fraction of sp³-hybridized carbons (Fsp3) is 0.440. The van der Waals surface area contributed by atoms with Gasteiger partial charge in [-0.2, -0.15) is 5.26 Å². The number of aryl methyl sites for hydroxylation is 1. The number of amides is 1. The monoisotopic (exact) mass is 448 g/mol. The number of nitrogens with one attached hydrogen (secondary N) is 2. The molecule has 33 heavy (non-hydrogen) atoms. The lowest BCUT2D eigenvalue weighted by Crippen LogP contribution is -2.29. The van der Waals surface area contributed by atoms with Gasteiger partial charge in [-0.05, 0) is 55.9 Å². The number of aliphatic imine (C=N–C) groups is 1. The summed E-state index contributed by atoms with van der Waals surface area (Å²) in [6.45, 7) is 4.20. The van der Waals surface area contributed by atoms with Gasteiger partial charge in [-0.25, -0.2) is 0 Å². The summed E-state index contributed by atoms with van der Waals surface area (Å²) in [5.74, 6) is 1.70. The molecule has 8 heteroatoms. The molecule has 3 rings (SSSR count). The summed E-state index contributed by atoms with van der Waals surface area (Å²) in [7, 11) is 1.61. The van der Waals surface area contributed by atoms with Crippen LogP contribution < -0.4 is 15.4 Å². The predicted octanol–water partition coefficient (Wildman–Crippen LogP) is 3.96. The fourth-order valence-electron chi connectivity index (χ4n) is 4.14. The van der Waals surface area contributed by atoms with Crippen LogP contribution in [0.3, 0.4) is 0 Å². The molecule has 174 valence electrons. The molecule has 1 atom stereocenters. The molecule has 0 aliphatic carbocycles. The van der Waals surface area contributed by atoms with Gasteiger partial charge in [0.15, 0.2) is 6.19 Å². The van der Waals surface area contributed by atoms with Gasteiger partial charge in [0.1, 0.15) is 5.75 Å². The van der Waals surface area contributed by atoms with E-state index in [2.05, 4.69) is 20.6 Å². The minimum absolute atomic E-state index is 0.0704. The number of carbonyl (C=O) groups is 1. The maximum Gasteiger partial charge on any atom is 0.257 e. The van der Waals surface area contributed by atoms with Crippen LogP contribution in [0, 0.1) is 24.3 Å². The van der Waals surface area contributed by atoms with Crippen molar-refractivity contribution in [3.05, 3.63) is 53.9 Å². The maximum atomic E-state index is 13.0. The molecule has 1 amide bonds. The molecule has 8 nitrogen and oxygen atoms in total. The number of likely N-dealkylation sites (tertiary alicyclic amines) is 1. The highest BCUT2D eigenvalue weighted by molar-refractivity contribution is 5.98. The fourth-order valence-corrected chi connectivity index (χ4v) is 4.14. The van der Waals surface area contributed by atoms with Crippen molar-refractivity contribution in [1.82, 2.24) is 15.2 Å². The largest absolute Gasteiger partial charge is 0.496 e. The van der Waals surface area contributed by atoms with Crippen molar-refractivity contribution in [2.24, 2.45) is 10.9 Å². The number of nitrogens with zero attached hydrogens (tertiary/aromatic N) is 4. The van der Waals surface area contributed by atoms with Crippen LogP contribution in [0.4, 0.5) is 5.69 Å². The third-order valence-electron chi connectivity index (χ3n) is 5.90. The minimum Gasteiger partial charge on any atom is -0.496 e. The Bertz CT molecular complexity index is 986. The summed E-state index contributed by atoms with van der Waals surface area (Å²) in [4.78, 5) is 23.4. The molecule has 1 aromatic heterocycles. The van der Waals surface area contributed by atoms with Crippen LogP contribution in [0.15, 0.2) is 47.7 Å². The summed E-state index contributed by atoms with van der Waals surface area (Å²) < 4.78 is 5.41. The number of nitriles is 1. The van der Waals surface area contributed by atoms with Crippen molar-refractivity contribution in [1.29, 1.82) is 5.26 Å². The molecule has 0 spiro atoms. The number of benzene rings is 1. The van der Waals surface area contributed by atoms with Gasteiger partial charge in [0.25, 0.3) is 5.91 Å². The van der Waals surface area contributed by atoms with Crippen molar-refractivity contribution in [3.8, 4) is 11.9 Å². The molecule has 1 saturated heterocycles.